The molecule has 2 rings (SSSR count). The highest BCUT2D eigenvalue weighted by Gasteiger charge is 2.08. The van der Waals surface area contributed by atoms with Crippen LogP contribution >= 0.6 is 11.6 Å². The molecule has 0 aliphatic heterocycles. The molecule has 1 heterocycles. The Morgan fingerprint density at radius 2 is 2.07 bits per heavy atom. The molecule has 5 heteroatoms. The molecule has 0 radical (unpaired) electrons. The molecular formula is C10H7ClN2O2. The number of aromatic nitrogens is 2. The zero-order valence-corrected chi connectivity index (χ0v) is 8.36. The molecule has 0 bridgehead atoms. The second-order valence-electron chi connectivity index (χ2n) is 2.81. The lowest BCUT2D eigenvalue weighted by atomic mass is 10.2. The number of carbonyl (C=O) groups is 1. The maximum absolute atomic E-state index is 11.5. The first-order valence-electron chi connectivity index (χ1n) is 4.22. The van der Waals surface area contributed by atoms with Crippen LogP contribution in [0, 0.1) is 0 Å². The van der Waals surface area contributed by atoms with Crippen LogP contribution in [0.25, 0.3) is 0 Å². The summed E-state index contributed by atoms with van der Waals surface area (Å²) in [4.78, 5) is 17.9. The van der Waals surface area contributed by atoms with Gasteiger partial charge in [-0.3, -0.25) is 0 Å². The third-order valence-electron chi connectivity index (χ3n) is 1.76. The highest BCUT2D eigenvalue weighted by atomic mass is 35.5. The molecule has 76 valence electrons. The van der Waals surface area contributed by atoms with Crippen molar-refractivity contribution in [1.29, 1.82) is 0 Å². The number of imidazole rings is 1. The highest BCUT2D eigenvalue weighted by molar-refractivity contribution is 6.30. The van der Waals surface area contributed by atoms with E-state index in [0.717, 1.165) is 0 Å². The van der Waals surface area contributed by atoms with Crippen LogP contribution in [0.4, 0.5) is 0 Å². The van der Waals surface area contributed by atoms with Gasteiger partial charge in [-0.15, -0.1) is 0 Å². The van der Waals surface area contributed by atoms with Crippen LogP contribution in [-0.2, 0) is 0 Å². The fraction of sp³-hybridized carbons (Fsp3) is 0. The summed E-state index contributed by atoms with van der Waals surface area (Å²) in [5.41, 5.74) is 0.439. The minimum absolute atomic E-state index is 0.315. The molecule has 0 saturated carbocycles. The van der Waals surface area contributed by atoms with Gasteiger partial charge in [0.05, 0.1) is 18.1 Å². The Hall–Kier alpha value is -1.81. The van der Waals surface area contributed by atoms with Crippen LogP contribution in [0.3, 0.4) is 0 Å². The van der Waals surface area contributed by atoms with Gasteiger partial charge in [-0.25, -0.2) is 9.78 Å². The van der Waals surface area contributed by atoms with Crippen molar-refractivity contribution in [2.24, 2.45) is 0 Å². The average Bonchev–Trinajstić information content (AvgIpc) is 2.71. The predicted molar refractivity (Wildman–Crippen MR) is 55.0 cm³/mol. The summed E-state index contributed by atoms with van der Waals surface area (Å²) in [6.07, 6.45) is 2.86. The van der Waals surface area contributed by atoms with Gasteiger partial charge in [-0.1, -0.05) is 11.6 Å². The van der Waals surface area contributed by atoms with Gasteiger partial charge in [0.25, 0.3) is 0 Å². The lowest BCUT2D eigenvalue weighted by Gasteiger charge is -2.00. The lowest BCUT2D eigenvalue weighted by Crippen LogP contribution is -2.08. The van der Waals surface area contributed by atoms with E-state index in [9.17, 15) is 4.79 Å². The van der Waals surface area contributed by atoms with Crippen molar-refractivity contribution in [3.63, 3.8) is 0 Å². The van der Waals surface area contributed by atoms with Gasteiger partial charge in [0.15, 0.2) is 0 Å². The third kappa shape index (κ3) is 2.35. The summed E-state index contributed by atoms with van der Waals surface area (Å²) in [5.74, 6) is -0.133. The quantitative estimate of drug-likeness (QED) is 0.794. The maximum Gasteiger partial charge on any atom is 0.344 e. The average molecular weight is 223 g/mol. The van der Waals surface area contributed by atoms with E-state index in [-0.39, 0.29) is 0 Å². The van der Waals surface area contributed by atoms with E-state index in [0.29, 0.717) is 16.5 Å². The van der Waals surface area contributed by atoms with Crippen molar-refractivity contribution in [3.05, 3.63) is 47.4 Å². The molecule has 1 aromatic carbocycles. The van der Waals surface area contributed by atoms with Crippen LogP contribution in [0.2, 0.25) is 5.02 Å². The molecule has 15 heavy (non-hydrogen) atoms. The molecular weight excluding hydrogens is 216 g/mol. The van der Waals surface area contributed by atoms with E-state index in [4.69, 9.17) is 16.3 Å². The Morgan fingerprint density at radius 1 is 1.33 bits per heavy atom. The number of nitrogens with one attached hydrogen (secondary N) is 1. The molecule has 0 saturated heterocycles. The number of hydrogen-bond acceptors (Lipinski definition) is 3. The first kappa shape index (κ1) is 9.73. The molecule has 0 amide bonds. The number of carbonyl (C=O) groups excluding carboxylic acids is 1. The zero-order chi connectivity index (χ0) is 10.7. The topological polar surface area (TPSA) is 55.0 Å². The Bertz CT molecular complexity index is 451. The fourth-order valence-corrected chi connectivity index (χ4v) is 1.17. The monoisotopic (exact) mass is 222 g/mol. The second-order valence-corrected chi connectivity index (χ2v) is 3.25. The molecule has 0 aliphatic rings. The summed E-state index contributed by atoms with van der Waals surface area (Å²) in [5, 5.41) is 0.577. The molecule has 2 aromatic rings. The molecule has 0 fully saturated rings. The smallest absolute Gasteiger partial charge is 0.344 e. The van der Waals surface area contributed by atoms with Gasteiger partial charge >= 0.3 is 5.97 Å². The summed E-state index contributed by atoms with van der Waals surface area (Å²) in [6.45, 7) is 0. The van der Waals surface area contributed by atoms with Gasteiger partial charge in [0.2, 0.25) is 5.88 Å². The van der Waals surface area contributed by atoms with Gasteiger partial charge in [0.1, 0.15) is 0 Å². The number of H-pyrrole nitrogens is 1. The normalized spacial score (nSPS) is 9.93. The molecule has 1 N–H and O–H groups in total. The van der Waals surface area contributed by atoms with Crippen LogP contribution in [0.5, 0.6) is 5.88 Å². The van der Waals surface area contributed by atoms with Crippen LogP contribution in [0.1, 0.15) is 10.4 Å². The number of aromatic amines is 1. The molecule has 4 nitrogen and oxygen atoms in total. The molecule has 0 atom stereocenters. The summed E-state index contributed by atoms with van der Waals surface area (Å²) in [6, 6.07) is 6.46. The third-order valence-corrected chi connectivity index (χ3v) is 2.01. The number of nitrogens with zero attached hydrogens (tertiary/aromatic N) is 1. The van der Waals surface area contributed by atoms with E-state index < -0.39 is 5.97 Å². The van der Waals surface area contributed by atoms with E-state index in [2.05, 4.69) is 9.97 Å². The Morgan fingerprint density at radius 3 is 2.67 bits per heavy atom. The van der Waals surface area contributed by atoms with Crippen molar-refractivity contribution in [2.75, 3.05) is 0 Å². The first-order valence-corrected chi connectivity index (χ1v) is 4.59. The summed E-state index contributed by atoms with van der Waals surface area (Å²) >= 11 is 5.69. The lowest BCUT2D eigenvalue weighted by molar-refractivity contribution is 0.0728. The Labute approximate surface area is 90.9 Å². The number of hydrogen-bond donors (Lipinski definition) is 1. The maximum atomic E-state index is 11.5. The van der Waals surface area contributed by atoms with E-state index in [1.165, 1.54) is 12.5 Å². The standard InChI is InChI=1S/C10H7ClN2O2/c11-8-3-1-7(2-4-8)10(14)15-9-5-12-6-13-9/h1-6H,(H,12,13). The Kier molecular flexibility index (Phi) is 2.69. The van der Waals surface area contributed by atoms with Crippen LogP contribution < -0.4 is 4.74 Å². The van der Waals surface area contributed by atoms with Crippen molar-refractivity contribution in [1.82, 2.24) is 9.97 Å². The van der Waals surface area contributed by atoms with Gasteiger partial charge in [-0.05, 0) is 24.3 Å². The largest absolute Gasteiger partial charge is 0.404 e. The van der Waals surface area contributed by atoms with Crippen LogP contribution in [0.15, 0.2) is 36.8 Å². The molecule has 0 aliphatic carbocycles. The summed E-state index contributed by atoms with van der Waals surface area (Å²) in [7, 11) is 0. The number of rotatable bonds is 2. The fourth-order valence-electron chi connectivity index (χ4n) is 1.04. The SMILES string of the molecule is O=C(Oc1cnc[nH]1)c1ccc(Cl)cc1. The van der Waals surface area contributed by atoms with E-state index in [1.807, 2.05) is 0 Å². The van der Waals surface area contributed by atoms with Crippen molar-refractivity contribution < 1.29 is 9.53 Å². The number of ether oxygens (including phenoxy) is 1. The number of halogens is 1. The van der Waals surface area contributed by atoms with Crippen molar-refractivity contribution >= 4 is 17.6 Å². The molecule has 1 aromatic heterocycles. The van der Waals surface area contributed by atoms with Gasteiger partial charge < -0.3 is 9.72 Å². The minimum Gasteiger partial charge on any atom is -0.404 e. The zero-order valence-electron chi connectivity index (χ0n) is 7.61. The minimum atomic E-state index is -0.448. The van der Waals surface area contributed by atoms with Gasteiger partial charge in [0, 0.05) is 5.02 Å². The molecule has 0 spiro atoms. The predicted octanol–water partition coefficient (Wildman–Crippen LogP) is 2.28. The first-order chi connectivity index (χ1) is 7.25. The molecule has 0 unspecified atom stereocenters. The van der Waals surface area contributed by atoms with E-state index in [1.54, 1.807) is 24.3 Å². The summed E-state index contributed by atoms with van der Waals surface area (Å²) < 4.78 is 4.98. The highest BCUT2D eigenvalue weighted by Crippen LogP contribution is 2.11. The van der Waals surface area contributed by atoms with Gasteiger partial charge in [-0.2, -0.15) is 0 Å². The Balaban J connectivity index is 2.11. The van der Waals surface area contributed by atoms with Crippen LogP contribution in [-0.4, -0.2) is 15.9 Å². The van der Waals surface area contributed by atoms with Crippen molar-refractivity contribution in [3.8, 4) is 5.88 Å². The number of benzene rings is 1. The van der Waals surface area contributed by atoms with Crippen molar-refractivity contribution in [2.45, 2.75) is 0 Å². The second kappa shape index (κ2) is 4.14. The van der Waals surface area contributed by atoms with E-state index >= 15 is 0 Å². The number of esters is 1.